The molecule has 4 rings (SSSR count). The topological polar surface area (TPSA) is 207 Å². The van der Waals surface area contributed by atoms with Crippen molar-refractivity contribution in [2.45, 2.75) is 83.5 Å². The Kier molecular flexibility index (Phi) is 8.77. The molecule has 2 aromatic heterocycles. The van der Waals surface area contributed by atoms with Gasteiger partial charge in [-0.2, -0.15) is 9.97 Å². The number of nitrogen functional groups attached to an aromatic ring is 1. The molecule has 2 aromatic rings. The zero-order valence-corrected chi connectivity index (χ0v) is 24.4. The minimum atomic E-state index is -3.86. The highest BCUT2D eigenvalue weighted by atomic mass is 31.2. The first-order valence-electron chi connectivity index (χ1n) is 13.3. The molecule has 0 radical (unpaired) electrons. The van der Waals surface area contributed by atoms with E-state index in [4.69, 9.17) is 19.7 Å². The van der Waals surface area contributed by atoms with Gasteiger partial charge in [-0.25, -0.2) is 14.7 Å². The average molecular weight is 586 g/mol. The van der Waals surface area contributed by atoms with E-state index in [9.17, 15) is 24.7 Å². The number of methoxy groups -OCH3 is 1. The molecule has 6 N–H and O–H groups in total. The van der Waals surface area contributed by atoms with Gasteiger partial charge in [0.25, 0.3) is 0 Å². The second-order valence-corrected chi connectivity index (χ2v) is 13.8. The van der Waals surface area contributed by atoms with Crippen molar-refractivity contribution in [3.8, 4) is 5.88 Å². The van der Waals surface area contributed by atoms with E-state index in [0.717, 1.165) is 12.8 Å². The number of nitrogens with two attached hydrogens (primary N) is 1. The van der Waals surface area contributed by atoms with Gasteiger partial charge in [-0.15, -0.1) is 0 Å². The largest absolute Gasteiger partial charge is 0.480 e. The molecule has 6 atom stereocenters. The molecule has 0 spiro atoms. The summed E-state index contributed by atoms with van der Waals surface area (Å²) in [5.74, 6) is -1.08. The highest BCUT2D eigenvalue weighted by Crippen LogP contribution is 2.51. The number of hydrogen-bond acceptors (Lipinski definition) is 11. The van der Waals surface area contributed by atoms with E-state index in [0.29, 0.717) is 19.5 Å². The third-order valence-electron chi connectivity index (χ3n) is 7.28. The molecule has 1 unspecified atom stereocenters. The van der Waals surface area contributed by atoms with Gasteiger partial charge in [0.1, 0.15) is 23.9 Å². The lowest BCUT2D eigenvalue weighted by Crippen LogP contribution is -2.45. The van der Waals surface area contributed by atoms with Crippen molar-refractivity contribution in [1.29, 1.82) is 0 Å². The van der Waals surface area contributed by atoms with Crippen molar-refractivity contribution in [2.24, 2.45) is 5.41 Å². The van der Waals surface area contributed by atoms with E-state index in [1.54, 1.807) is 4.67 Å². The fraction of sp³-hybridized carbons (Fsp3) is 0.750. The number of carboxylic acids is 1. The number of fused-ring (bicyclic) bond motifs is 1. The van der Waals surface area contributed by atoms with Gasteiger partial charge in [-0.1, -0.05) is 20.8 Å². The highest BCUT2D eigenvalue weighted by Gasteiger charge is 2.54. The number of imidazole rings is 1. The lowest BCUT2D eigenvalue weighted by Gasteiger charge is -2.32. The van der Waals surface area contributed by atoms with Crippen LogP contribution in [0.4, 0.5) is 5.95 Å². The number of carbonyl (C=O) groups is 1. The van der Waals surface area contributed by atoms with Gasteiger partial charge in [0.15, 0.2) is 17.4 Å². The standard InChI is InChI=1S/C24H40N7O8P/c1-23(2,3)9-8-14(20(33)34)29-40(36,30-10-6-7-11-30)38-12-15-17(32)24(4,35)21(39-15)31-13-26-16-18(31)27-22(25)28-19(16)37-5/h13-15,17,21,32,35H,6-12H2,1-5H3,(H,29,36)(H,33,34)(H2,25,27,28)/t14-,15+,17+,21+,24+,40?/m0/s1. The summed E-state index contributed by atoms with van der Waals surface area (Å²) >= 11 is 0. The minimum absolute atomic E-state index is 0.0822. The van der Waals surface area contributed by atoms with Crippen molar-refractivity contribution in [3.63, 3.8) is 0 Å². The van der Waals surface area contributed by atoms with Gasteiger partial charge in [0.05, 0.1) is 20.0 Å². The molecule has 0 amide bonds. The SMILES string of the molecule is COc1nc(N)nc2c1ncn2[C@@H]1O[C@H](COP(=O)(N[C@@H](CCC(C)(C)C)C(=O)O)N2CCCC2)[C@@H](O)[C@@]1(C)O. The third-order valence-corrected chi connectivity index (χ3v) is 9.56. The molecule has 0 aromatic carbocycles. The van der Waals surface area contributed by atoms with Crippen molar-refractivity contribution < 1.29 is 38.7 Å². The summed E-state index contributed by atoms with van der Waals surface area (Å²) in [5.41, 5.74) is 4.35. The Bertz CT molecular complexity index is 1260. The molecule has 224 valence electrons. The van der Waals surface area contributed by atoms with E-state index in [1.165, 1.54) is 24.9 Å². The van der Waals surface area contributed by atoms with Crippen molar-refractivity contribution in [3.05, 3.63) is 6.33 Å². The molecule has 0 saturated carbocycles. The van der Waals surface area contributed by atoms with Crippen molar-refractivity contribution in [1.82, 2.24) is 29.3 Å². The Hall–Kier alpha value is -2.39. The number of nitrogens with zero attached hydrogens (tertiary/aromatic N) is 5. The number of aromatic nitrogens is 4. The second-order valence-electron chi connectivity index (χ2n) is 11.7. The Morgan fingerprint density at radius 2 is 2.02 bits per heavy atom. The summed E-state index contributed by atoms with van der Waals surface area (Å²) in [6.07, 6.45) is 0.0309. The number of ether oxygens (including phenoxy) is 2. The molecule has 40 heavy (non-hydrogen) atoms. The summed E-state index contributed by atoms with van der Waals surface area (Å²) in [6.45, 7) is 7.95. The van der Waals surface area contributed by atoms with Crippen LogP contribution in [0.25, 0.3) is 11.2 Å². The molecule has 0 aliphatic carbocycles. The predicted molar refractivity (Wildman–Crippen MR) is 144 cm³/mol. The van der Waals surface area contributed by atoms with Crippen LogP contribution < -0.4 is 15.6 Å². The van der Waals surface area contributed by atoms with Gasteiger partial charge in [-0.3, -0.25) is 13.9 Å². The van der Waals surface area contributed by atoms with Gasteiger partial charge in [0, 0.05) is 13.1 Å². The fourth-order valence-electron chi connectivity index (χ4n) is 4.95. The van der Waals surface area contributed by atoms with Crippen LogP contribution in [0.2, 0.25) is 0 Å². The summed E-state index contributed by atoms with van der Waals surface area (Å²) < 4.78 is 34.3. The monoisotopic (exact) mass is 585 g/mol. The van der Waals surface area contributed by atoms with Gasteiger partial charge >= 0.3 is 13.6 Å². The Balaban J connectivity index is 1.55. The molecule has 2 aliphatic heterocycles. The number of rotatable bonds is 11. The average Bonchev–Trinajstić information content (AvgIpc) is 3.60. The molecule has 16 heteroatoms. The predicted octanol–water partition coefficient (Wildman–Crippen LogP) is 1.52. The van der Waals surface area contributed by atoms with E-state index >= 15 is 0 Å². The number of aliphatic carboxylic acids is 1. The van der Waals surface area contributed by atoms with Crippen LogP contribution in [-0.4, -0.2) is 96.1 Å². The molecule has 2 aliphatic rings. The quantitative estimate of drug-likeness (QED) is 0.237. The number of aliphatic hydroxyl groups is 2. The van der Waals surface area contributed by atoms with E-state index in [-0.39, 0.29) is 41.4 Å². The normalized spacial score (nSPS) is 28.1. The zero-order valence-electron chi connectivity index (χ0n) is 23.5. The number of hydrogen-bond donors (Lipinski definition) is 5. The Morgan fingerprint density at radius 3 is 2.62 bits per heavy atom. The lowest BCUT2D eigenvalue weighted by atomic mass is 9.89. The maximum absolute atomic E-state index is 14.1. The van der Waals surface area contributed by atoms with Crippen LogP contribution >= 0.6 is 7.67 Å². The summed E-state index contributed by atoms with van der Waals surface area (Å²) in [6, 6.07) is -1.10. The van der Waals surface area contributed by atoms with Crippen LogP contribution in [0.5, 0.6) is 5.88 Å². The van der Waals surface area contributed by atoms with E-state index in [2.05, 4.69) is 20.0 Å². The minimum Gasteiger partial charge on any atom is -0.480 e. The van der Waals surface area contributed by atoms with Gasteiger partial charge < -0.3 is 35.1 Å². The fourth-order valence-corrected chi connectivity index (χ4v) is 7.15. The van der Waals surface area contributed by atoms with Crippen LogP contribution in [0.3, 0.4) is 0 Å². The molecular weight excluding hydrogens is 545 g/mol. The molecule has 2 fully saturated rings. The summed E-state index contributed by atoms with van der Waals surface area (Å²) in [4.78, 5) is 24.5. The van der Waals surface area contributed by atoms with Gasteiger partial charge in [-0.05, 0) is 38.0 Å². The summed E-state index contributed by atoms with van der Waals surface area (Å²) in [7, 11) is -2.45. The molecular formula is C24H40N7O8P. The molecule has 0 bridgehead atoms. The smallest absolute Gasteiger partial charge is 0.344 e. The number of aliphatic hydroxyl groups excluding tert-OH is 1. The maximum atomic E-state index is 14.1. The van der Waals surface area contributed by atoms with E-state index < -0.39 is 43.7 Å². The van der Waals surface area contributed by atoms with Crippen LogP contribution in [0.15, 0.2) is 6.33 Å². The van der Waals surface area contributed by atoms with E-state index in [1.807, 2.05) is 20.8 Å². The molecule has 2 saturated heterocycles. The molecule has 15 nitrogen and oxygen atoms in total. The van der Waals surface area contributed by atoms with Crippen LogP contribution in [0.1, 0.15) is 59.6 Å². The Morgan fingerprint density at radius 1 is 1.35 bits per heavy atom. The number of anilines is 1. The van der Waals surface area contributed by atoms with Gasteiger partial charge in [0.2, 0.25) is 11.8 Å². The van der Waals surface area contributed by atoms with Crippen molar-refractivity contribution in [2.75, 3.05) is 32.5 Å². The van der Waals surface area contributed by atoms with Crippen molar-refractivity contribution >= 4 is 30.8 Å². The first kappa shape index (κ1) is 30.6. The Labute approximate surface area is 232 Å². The molecule has 4 heterocycles. The summed E-state index contributed by atoms with van der Waals surface area (Å²) in [5, 5.41) is 34.9. The first-order valence-corrected chi connectivity index (χ1v) is 14.8. The maximum Gasteiger partial charge on any atom is 0.344 e. The lowest BCUT2D eigenvalue weighted by molar-refractivity contribution is -0.139. The second kappa shape index (κ2) is 11.5. The highest BCUT2D eigenvalue weighted by molar-refractivity contribution is 7.54. The zero-order chi connectivity index (χ0) is 29.5. The van der Waals surface area contributed by atoms with Crippen LogP contribution in [-0.2, 0) is 18.6 Å². The third kappa shape index (κ3) is 6.25. The number of carboxylic acid groups (broad SMARTS) is 1. The number of nitrogens with one attached hydrogen (secondary N) is 1. The van der Waals surface area contributed by atoms with Crippen LogP contribution in [0, 0.1) is 5.41 Å². The first-order chi connectivity index (χ1) is 18.7.